The van der Waals surface area contributed by atoms with Crippen molar-refractivity contribution in [1.82, 2.24) is 9.71 Å². The van der Waals surface area contributed by atoms with E-state index in [1.807, 2.05) is 0 Å². The minimum absolute atomic E-state index is 0. The van der Waals surface area contributed by atoms with E-state index in [0.717, 1.165) is 32.1 Å². The molecule has 1 aliphatic rings. The van der Waals surface area contributed by atoms with Crippen molar-refractivity contribution in [3.8, 4) is 6.07 Å². The highest BCUT2D eigenvalue weighted by Gasteiger charge is 2.30. The SMILES string of the molecule is Cl.N#Cc1ncccc1S(=O)(=O)NCC1(N)CCCCC1. The first-order chi connectivity index (χ1) is 9.47. The minimum Gasteiger partial charge on any atom is -0.324 e. The zero-order valence-corrected chi connectivity index (χ0v) is 13.2. The largest absolute Gasteiger partial charge is 0.324 e. The molecule has 0 bridgehead atoms. The lowest BCUT2D eigenvalue weighted by molar-refractivity contribution is 0.296. The topological polar surface area (TPSA) is 109 Å². The number of nitriles is 1. The molecule has 2 rings (SSSR count). The van der Waals surface area contributed by atoms with Crippen LogP contribution in [0.3, 0.4) is 0 Å². The summed E-state index contributed by atoms with van der Waals surface area (Å²) in [7, 11) is -3.76. The lowest BCUT2D eigenvalue weighted by atomic mass is 9.83. The van der Waals surface area contributed by atoms with Crippen LogP contribution >= 0.6 is 12.4 Å². The highest BCUT2D eigenvalue weighted by molar-refractivity contribution is 7.89. The third-order valence-corrected chi connectivity index (χ3v) is 5.06. The third kappa shape index (κ3) is 4.38. The molecule has 0 aromatic carbocycles. The van der Waals surface area contributed by atoms with Gasteiger partial charge in [0, 0.05) is 18.3 Å². The number of aromatic nitrogens is 1. The van der Waals surface area contributed by atoms with Gasteiger partial charge in [0.25, 0.3) is 0 Å². The number of nitrogens with zero attached hydrogens (tertiary/aromatic N) is 2. The molecule has 0 atom stereocenters. The van der Waals surface area contributed by atoms with E-state index < -0.39 is 15.6 Å². The predicted molar refractivity (Wildman–Crippen MR) is 81.4 cm³/mol. The second-order valence-electron chi connectivity index (χ2n) is 5.21. The standard InChI is InChI=1S/C13H18N4O2S.ClH/c14-9-11-12(5-4-8-16-11)20(18,19)17-10-13(15)6-2-1-3-7-13;/h4-5,8,17H,1-3,6-7,10,15H2;1H. The Morgan fingerprint density at radius 3 is 2.67 bits per heavy atom. The van der Waals surface area contributed by atoms with Gasteiger partial charge >= 0.3 is 0 Å². The van der Waals surface area contributed by atoms with Crippen molar-refractivity contribution in [2.45, 2.75) is 42.5 Å². The van der Waals surface area contributed by atoms with Crippen molar-refractivity contribution in [3.63, 3.8) is 0 Å². The number of nitrogens with one attached hydrogen (secondary N) is 1. The first-order valence-corrected chi connectivity index (χ1v) is 8.09. The summed E-state index contributed by atoms with van der Waals surface area (Å²) >= 11 is 0. The van der Waals surface area contributed by atoms with E-state index in [0.29, 0.717) is 0 Å². The van der Waals surface area contributed by atoms with Crippen LogP contribution in [0.2, 0.25) is 0 Å². The van der Waals surface area contributed by atoms with Crippen LogP contribution in [0.1, 0.15) is 37.8 Å². The van der Waals surface area contributed by atoms with Gasteiger partial charge < -0.3 is 5.73 Å². The number of sulfonamides is 1. The molecule has 116 valence electrons. The maximum absolute atomic E-state index is 12.2. The van der Waals surface area contributed by atoms with Gasteiger partial charge in [-0.1, -0.05) is 19.3 Å². The van der Waals surface area contributed by atoms with Crippen LogP contribution in [0, 0.1) is 11.3 Å². The molecule has 3 N–H and O–H groups in total. The summed E-state index contributed by atoms with van der Waals surface area (Å²) in [4.78, 5) is 3.67. The van der Waals surface area contributed by atoms with Crippen molar-refractivity contribution in [3.05, 3.63) is 24.0 Å². The molecule has 0 spiro atoms. The summed E-state index contributed by atoms with van der Waals surface area (Å²) in [6.45, 7) is 0.190. The number of halogens is 1. The van der Waals surface area contributed by atoms with Crippen molar-refractivity contribution in [1.29, 1.82) is 5.26 Å². The summed E-state index contributed by atoms with van der Waals surface area (Å²) in [6.07, 6.45) is 6.21. The van der Waals surface area contributed by atoms with E-state index in [1.54, 1.807) is 6.07 Å². The van der Waals surface area contributed by atoms with Crippen LogP contribution < -0.4 is 10.5 Å². The van der Waals surface area contributed by atoms with E-state index in [9.17, 15) is 8.42 Å². The first-order valence-electron chi connectivity index (χ1n) is 6.61. The van der Waals surface area contributed by atoms with Gasteiger partial charge in [0.15, 0.2) is 5.69 Å². The quantitative estimate of drug-likeness (QED) is 0.865. The molecule has 1 fully saturated rings. The average Bonchev–Trinajstić information content (AvgIpc) is 2.46. The molecule has 1 heterocycles. The van der Waals surface area contributed by atoms with Crippen molar-refractivity contribution in [2.24, 2.45) is 5.73 Å². The third-order valence-electron chi connectivity index (χ3n) is 3.63. The maximum atomic E-state index is 12.2. The molecule has 8 heteroatoms. The molecular weight excluding hydrogens is 312 g/mol. The number of rotatable bonds is 4. The second-order valence-corrected chi connectivity index (χ2v) is 6.94. The molecule has 1 saturated carbocycles. The maximum Gasteiger partial charge on any atom is 0.243 e. The fraction of sp³-hybridized carbons (Fsp3) is 0.538. The van der Waals surface area contributed by atoms with Gasteiger partial charge in [0.1, 0.15) is 11.0 Å². The molecule has 1 aliphatic carbocycles. The molecule has 0 aliphatic heterocycles. The number of pyridine rings is 1. The highest BCUT2D eigenvalue weighted by Crippen LogP contribution is 2.25. The van der Waals surface area contributed by atoms with Gasteiger partial charge in [0.2, 0.25) is 10.0 Å². The Balaban J connectivity index is 0.00000220. The summed E-state index contributed by atoms with van der Waals surface area (Å²) in [6, 6.07) is 4.65. The lowest BCUT2D eigenvalue weighted by Crippen LogP contribution is -2.51. The number of nitrogens with two attached hydrogens (primary N) is 1. The number of hydrogen-bond acceptors (Lipinski definition) is 5. The Labute approximate surface area is 131 Å². The normalized spacial score (nSPS) is 17.5. The molecule has 1 aromatic heterocycles. The molecule has 0 radical (unpaired) electrons. The van der Waals surface area contributed by atoms with E-state index in [-0.39, 0.29) is 29.5 Å². The van der Waals surface area contributed by atoms with Crippen LogP contribution in [0.5, 0.6) is 0 Å². The Morgan fingerprint density at radius 2 is 2.05 bits per heavy atom. The van der Waals surface area contributed by atoms with Gasteiger partial charge in [0.05, 0.1) is 0 Å². The molecule has 21 heavy (non-hydrogen) atoms. The van der Waals surface area contributed by atoms with Crippen LogP contribution in [-0.4, -0.2) is 25.5 Å². The van der Waals surface area contributed by atoms with Crippen LogP contribution in [0.25, 0.3) is 0 Å². The Bertz CT molecular complexity index is 621. The number of hydrogen-bond donors (Lipinski definition) is 2. The smallest absolute Gasteiger partial charge is 0.243 e. The van der Waals surface area contributed by atoms with E-state index in [1.165, 1.54) is 18.3 Å². The second kappa shape index (κ2) is 7.18. The van der Waals surface area contributed by atoms with E-state index in [2.05, 4.69) is 9.71 Å². The first kappa shape index (κ1) is 17.9. The van der Waals surface area contributed by atoms with Gasteiger partial charge in [-0.15, -0.1) is 12.4 Å². The highest BCUT2D eigenvalue weighted by atomic mass is 35.5. The Kier molecular flexibility index (Phi) is 6.10. The van der Waals surface area contributed by atoms with Crippen LogP contribution in [0.4, 0.5) is 0 Å². The Morgan fingerprint density at radius 1 is 1.38 bits per heavy atom. The Hall–Kier alpha value is -1.20. The molecule has 0 saturated heterocycles. The molecule has 0 unspecified atom stereocenters. The van der Waals surface area contributed by atoms with Gasteiger partial charge in [-0.25, -0.2) is 18.1 Å². The van der Waals surface area contributed by atoms with Crippen molar-refractivity contribution >= 4 is 22.4 Å². The summed E-state index contributed by atoms with van der Waals surface area (Å²) in [5.41, 5.74) is 5.62. The molecule has 6 nitrogen and oxygen atoms in total. The zero-order valence-electron chi connectivity index (χ0n) is 11.6. The van der Waals surface area contributed by atoms with E-state index >= 15 is 0 Å². The molecule has 0 amide bonds. The summed E-state index contributed by atoms with van der Waals surface area (Å²) < 4.78 is 27.0. The monoisotopic (exact) mass is 330 g/mol. The van der Waals surface area contributed by atoms with Crippen molar-refractivity contribution in [2.75, 3.05) is 6.54 Å². The minimum atomic E-state index is -3.76. The average molecular weight is 331 g/mol. The molecular formula is C13H19ClN4O2S. The van der Waals surface area contributed by atoms with E-state index in [4.69, 9.17) is 11.0 Å². The van der Waals surface area contributed by atoms with Crippen LogP contribution in [-0.2, 0) is 10.0 Å². The van der Waals surface area contributed by atoms with Gasteiger partial charge in [-0.3, -0.25) is 0 Å². The van der Waals surface area contributed by atoms with Gasteiger partial charge in [-0.05, 0) is 25.0 Å². The predicted octanol–water partition coefficient (Wildman–Crippen LogP) is 1.31. The molecule has 1 aromatic rings. The fourth-order valence-corrected chi connectivity index (χ4v) is 3.68. The lowest BCUT2D eigenvalue weighted by Gasteiger charge is -2.33. The summed E-state index contributed by atoms with van der Waals surface area (Å²) in [5, 5.41) is 8.92. The van der Waals surface area contributed by atoms with Gasteiger partial charge in [-0.2, -0.15) is 5.26 Å². The fourth-order valence-electron chi connectivity index (χ4n) is 2.44. The van der Waals surface area contributed by atoms with Crippen molar-refractivity contribution < 1.29 is 8.42 Å². The zero-order chi connectivity index (χ0) is 14.6. The van der Waals surface area contributed by atoms with Crippen LogP contribution in [0.15, 0.2) is 23.2 Å². The summed E-state index contributed by atoms with van der Waals surface area (Å²) in [5.74, 6) is 0.